The fourth-order valence-electron chi connectivity index (χ4n) is 2.51. The van der Waals surface area contributed by atoms with Crippen molar-refractivity contribution in [2.24, 2.45) is 0 Å². The van der Waals surface area contributed by atoms with Gasteiger partial charge in [-0.25, -0.2) is 0 Å². The number of piperazine rings is 1. The Balaban J connectivity index is 1.86. The van der Waals surface area contributed by atoms with E-state index in [9.17, 15) is 0 Å². The molecule has 2 nitrogen and oxygen atoms in total. The first-order chi connectivity index (χ1) is 7.83. The highest BCUT2D eigenvalue weighted by molar-refractivity contribution is 4.74. The minimum atomic E-state index is 0.693. The van der Waals surface area contributed by atoms with Crippen LogP contribution in [0.5, 0.6) is 0 Å². The zero-order valence-electron chi connectivity index (χ0n) is 11.3. The Morgan fingerprint density at radius 2 is 1.75 bits per heavy atom. The van der Waals surface area contributed by atoms with E-state index in [1.165, 1.54) is 71.1 Å². The monoisotopic (exact) mass is 226 g/mol. The van der Waals surface area contributed by atoms with Crippen LogP contribution in [-0.2, 0) is 0 Å². The van der Waals surface area contributed by atoms with Gasteiger partial charge in [-0.1, -0.05) is 45.4 Å². The lowest BCUT2D eigenvalue weighted by atomic mass is 10.1. The van der Waals surface area contributed by atoms with Crippen LogP contribution in [-0.4, -0.2) is 37.1 Å². The minimum Gasteiger partial charge on any atom is -0.312 e. The van der Waals surface area contributed by atoms with Crippen LogP contribution in [0.2, 0.25) is 0 Å². The van der Waals surface area contributed by atoms with Crippen LogP contribution >= 0.6 is 0 Å². The number of hydrogen-bond donors (Lipinski definition) is 1. The van der Waals surface area contributed by atoms with Crippen molar-refractivity contribution in [3.05, 3.63) is 0 Å². The Kier molecular flexibility index (Phi) is 7.87. The molecule has 2 heteroatoms. The predicted molar refractivity (Wildman–Crippen MR) is 71.9 cm³/mol. The standard InChI is InChI=1S/C14H30N2/c1-3-4-5-6-7-8-9-11-16-12-10-15-14(2)13-16/h14-15H,3-13H2,1-2H3. The van der Waals surface area contributed by atoms with Gasteiger partial charge in [0.15, 0.2) is 0 Å². The van der Waals surface area contributed by atoms with Gasteiger partial charge in [-0.3, -0.25) is 0 Å². The van der Waals surface area contributed by atoms with Crippen molar-refractivity contribution in [3.8, 4) is 0 Å². The van der Waals surface area contributed by atoms with Crippen molar-refractivity contribution in [2.75, 3.05) is 26.2 Å². The first-order valence-corrected chi connectivity index (χ1v) is 7.28. The number of nitrogens with one attached hydrogen (secondary N) is 1. The van der Waals surface area contributed by atoms with Gasteiger partial charge in [0.2, 0.25) is 0 Å². The molecule has 0 spiro atoms. The van der Waals surface area contributed by atoms with Gasteiger partial charge in [-0.2, -0.15) is 0 Å². The minimum absolute atomic E-state index is 0.693. The highest BCUT2D eigenvalue weighted by Crippen LogP contribution is 2.08. The molecule has 1 aliphatic heterocycles. The Morgan fingerprint density at radius 1 is 1.06 bits per heavy atom. The van der Waals surface area contributed by atoms with Crippen LogP contribution in [0.15, 0.2) is 0 Å². The maximum atomic E-state index is 3.50. The molecule has 1 unspecified atom stereocenters. The topological polar surface area (TPSA) is 15.3 Å². The molecule has 0 radical (unpaired) electrons. The van der Waals surface area contributed by atoms with E-state index in [0.717, 1.165) is 0 Å². The van der Waals surface area contributed by atoms with Crippen molar-refractivity contribution < 1.29 is 0 Å². The van der Waals surface area contributed by atoms with Crippen LogP contribution in [0.4, 0.5) is 0 Å². The van der Waals surface area contributed by atoms with Gasteiger partial charge in [-0.05, 0) is 19.9 Å². The van der Waals surface area contributed by atoms with Crippen LogP contribution in [0.3, 0.4) is 0 Å². The summed E-state index contributed by atoms with van der Waals surface area (Å²) < 4.78 is 0. The summed E-state index contributed by atoms with van der Waals surface area (Å²) in [5, 5.41) is 3.50. The van der Waals surface area contributed by atoms with Crippen molar-refractivity contribution in [1.82, 2.24) is 10.2 Å². The third kappa shape index (κ3) is 6.49. The van der Waals surface area contributed by atoms with Crippen LogP contribution in [0.1, 0.15) is 58.8 Å². The van der Waals surface area contributed by atoms with Gasteiger partial charge in [0.25, 0.3) is 0 Å². The summed E-state index contributed by atoms with van der Waals surface area (Å²) in [4.78, 5) is 2.62. The lowest BCUT2D eigenvalue weighted by Gasteiger charge is -2.31. The van der Waals surface area contributed by atoms with E-state index in [0.29, 0.717) is 6.04 Å². The highest BCUT2D eigenvalue weighted by Gasteiger charge is 2.14. The third-order valence-corrected chi connectivity index (χ3v) is 3.53. The van der Waals surface area contributed by atoms with Gasteiger partial charge >= 0.3 is 0 Å². The molecular formula is C14H30N2. The fourth-order valence-corrected chi connectivity index (χ4v) is 2.51. The average molecular weight is 226 g/mol. The normalized spacial score (nSPS) is 22.5. The molecule has 1 atom stereocenters. The quantitative estimate of drug-likeness (QED) is 0.640. The molecule has 0 aromatic carbocycles. The maximum absolute atomic E-state index is 3.50. The molecular weight excluding hydrogens is 196 g/mol. The fraction of sp³-hybridized carbons (Fsp3) is 1.00. The number of rotatable bonds is 8. The molecule has 1 N–H and O–H groups in total. The molecule has 0 amide bonds. The van der Waals surface area contributed by atoms with E-state index in [4.69, 9.17) is 0 Å². The second-order valence-corrected chi connectivity index (χ2v) is 5.28. The van der Waals surface area contributed by atoms with E-state index in [2.05, 4.69) is 24.1 Å². The molecule has 1 heterocycles. The van der Waals surface area contributed by atoms with Crippen LogP contribution < -0.4 is 5.32 Å². The van der Waals surface area contributed by atoms with Crippen molar-refractivity contribution in [3.63, 3.8) is 0 Å². The van der Waals surface area contributed by atoms with E-state index in [1.807, 2.05) is 0 Å². The van der Waals surface area contributed by atoms with Crippen molar-refractivity contribution in [1.29, 1.82) is 0 Å². The zero-order chi connectivity index (χ0) is 11.6. The molecule has 1 rings (SSSR count). The van der Waals surface area contributed by atoms with Crippen molar-refractivity contribution >= 4 is 0 Å². The lowest BCUT2D eigenvalue weighted by molar-refractivity contribution is 0.203. The summed E-state index contributed by atoms with van der Waals surface area (Å²) in [5.74, 6) is 0. The Bertz CT molecular complexity index is 159. The molecule has 0 bridgehead atoms. The van der Waals surface area contributed by atoms with Crippen LogP contribution in [0, 0.1) is 0 Å². The van der Waals surface area contributed by atoms with Gasteiger partial charge in [0, 0.05) is 25.7 Å². The van der Waals surface area contributed by atoms with Gasteiger partial charge < -0.3 is 10.2 Å². The molecule has 0 saturated carbocycles. The lowest BCUT2D eigenvalue weighted by Crippen LogP contribution is -2.49. The Morgan fingerprint density at radius 3 is 2.44 bits per heavy atom. The Hall–Kier alpha value is -0.0800. The molecule has 0 aromatic heterocycles. The van der Waals surface area contributed by atoms with Crippen molar-refractivity contribution in [2.45, 2.75) is 64.8 Å². The third-order valence-electron chi connectivity index (χ3n) is 3.53. The molecule has 1 aliphatic rings. The van der Waals surface area contributed by atoms with Gasteiger partial charge in [0.1, 0.15) is 0 Å². The number of unbranched alkanes of at least 4 members (excludes halogenated alkanes) is 6. The molecule has 16 heavy (non-hydrogen) atoms. The van der Waals surface area contributed by atoms with Crippen LogP contribution in [0.25, 0.3) is 0 Å². The molecule has 0 aliphatic carbocycles. The second kappa shape index (κ2) is 9.00. The summed E-state index contributed by atoms with van der Waals surface area (Å²) in [6, 6.07) is 0.693. The smallest absolute Gasteiger partial charge is 0.0167 e. The summed E-state index contributed by atoms with van der Waals surface area (Å²) in [6.07, 6.45) is 9.96. The van der Waals surface area contributed by atoms with E-state index >= 15 is 0 Å². The first-order valence-electron chi connectivity index (χ1n) is 7.28. The van der Waals surface area contributed by atoms with Gasteiger partial charge in [-0.15, -0.1) is 0 Å². The maximum Gasteiger partial charge on any atom is 0.0167 e. The summed E-state index contributed by atoms with van der Waals surface area (Å²) in [5.41, 5.74) is 0. The largest absolute Gasteiger partial charge is 0.312 e. The average Bonchev–Trinajstić information content (AvgIpc) is 2.28. The number of nitrogens with zero attached hydrogens (tertiary/aromatic N) is 1. The highest BCUT2D eigenvalue weighted by atomic mass is 15.2. The SMILES string of the molecule is CCCCCCCCCN1CCNC(C)C1. The molecule has 1 fully saturated rings. The summed E-state index contributed by atoms with van der Waals surface area (Å²) in [6.45, 7) is 9.57. The van der Waals surface area contributed by atoms with E-state index in [-0.39, 0.29) is 0 Å². The second-order valence-electron chi connectivity index (χ2n) is 5.28. The van der Waals surface area contributed by atoms with E-state index in [1.54, 1.807) is 0 Å². The zero-order valence-corrected chi connectivity index (χ0v) is 11.3. The first kappa shape index (κ1) is 14.0. The van der Waals surface area contributed by atoms with Gasteiger partial charge in [0.05, 0.1) is 0 Å². The predicted octanol–water partition coefficient (Wildman–Crippen LogP) is 3.03. The molecule has 0 aromatic rings. The molecule has 1 saturated heterocycles. The summed E-state index contributed by atoms with van der Waals surface area (Å²) in [7, 11) is 0. The number of hydrogen-bond acceptors (Lipinski definition) is 2. The van der Waals surface area contributed by atoms with E-state index < -0.39 is 0 Å². The molecule has 96 valence electrons. The summed E-state index contributed by atoms with van der Waals surface area (Å²) >= 11 is 0. The Labute approximate surface area is 102 Å².